The molecule has 3 aromatic rings. The molecule has 0 fully saturated rings. The molecule has 0 aliphatic rings. The minimum absolute atomic E-state index is 0.140. The lowest BCUT2D eigenvalue weighted by molar-refractivity contribution is 0.0602. The van der Waals surface area contributed by atoms with E-state index in [0.29, 0.717) is 16.3 Å². The van der Waals surface area contributed by atoms with Gasteiger partial charge < -0.3 is 19.2 Å². The van der Waals surface area contributed by atoms with E-state index in [2.05, 4.69) is 11.4 Å². The van der Waals surface area contributed by atoms with Gasteiger partial charge in [0.15, 0.2) is 5.76 Å². The highest BCUT2D eigenvalue weighted by Gasteiger charge is 2.19. The number of benzene rings is 1. The lowest BCUT2D eigenvalue weighted by Gasteiger charge is -2.07. The van der Waals surface area contributed by atoms with Crippen molar-refractivity contribution in [1.29, 1.82) is 0 Å². The van der Waals surface area contributed by atoms with Crippen molar-refractivity contribution >= 4 is 28.2 Å². The molecule has 7 heteroatoms. The van der Waals surface area contributed by atoms with Gasteiger partial charge in [0, 0.05) is 4.88 Å². The molecule has 0 radical (unpaired) electrons. The number of esters is 1. The van der Waals surface area contributed by atoms with E-state index in [0.717, 1.165) is 21.8 Å². The van der Waals surface area contributed by atoms with E-state index in [4.69, 9.17) is 13.9 Å². The molecule has 0 atom stereocenters. The molecule has 1 amide bonds. The maximum atomic E-state index is 12.5. The first-order valence-electron chi connectivity index (χ1n) is 8.65. The van der Waals surface area contributed by atoms with Crippen molar-refractivity contribution in [3.05, 3.63) is 69.5 Å². The SMILES string of the molecule is COC(=O)c1cc(C)sc1NC(=O)c1ccc(COc2cc(C)cc(C)c2)o1. The maximum Gasteiger partial charge on any atom is 0.340 e. The number of ether oxygens (including phenoxy) is 2. The Morgan fingerprint density at radius 3 is 2.46 bits per heavy atom. The molecule has 146 valence electrons. The molecule has 0 aliphatic carbocycles. The quantitative estimate of drug-likeness (QED) is 0.598. The van der Waals surface area contributed by atoms with Gasteiger partial charge in [-0.1, -0.05) is 6.07 Å². The van der Waals surface area contributed by atoms with Gasteiger partial charge >= 0.3 is 5.97 Å². The molecule has 0 bridgehead atoms. The molecule has 28 heavy (non-hydrogen) atoms. The van der Waals surface area contributed by atoms with E-state index in [1.165, 1.54) is 18.4 Å². The molecule has 0 spiro atoms. The number of rotatable bonds is 6. The molecule has 1 N–H and O–H groups in total. The zero-order valence-corrected chi connectivity index (χ0v) is 16.9. The van der Waals surface area contributed by atoms with Crippen LogP contribution < -0.4 is 10.1 Å². The normalized spacial score (nSPS) is 10.6. The van der Waals surface area contributed by atoms with Gasteiger partial charge in [-0.05, 0) is 62.2 Å². The first-order chi connectivity index (χ1) is 13.4. The number of hydrogen-bond acceptors (Lipinski definition) is 6. The monoisotopic (exact) mass is 399 g/mol. The number of nitrogens with one attached hydrogen (secondary N) is 1. The Labute approximate surface area is 167 Å². The molecular weight excluding hydrogens is 378 g/mol. The van der Waals surface area contributed by atoms with Crippen LogP contribution in [0.4, 0.5) is 5.00 Å². The molecule has 0 saturated heterocycles. The average molecular weight is 399 g/mol. The number of furan rings is 1. The Kier molecular flexibility index (Phi) is 5.84. The molecule has 0 saturated carbocycles. The number of carbonyl (C=O) groups excluding carboxylic acids is 2. The van der Waals surface area contributed by atoms with Crippen molar-refractivity contribution in [2.75, 3.05) is 12.4 Å². The van der Waals surface area contributed by atoms with E-state index < -0.39 is 11.9 Å². The zero-order valence-electron chi connectivity index (χ0n) is 16.1. The fourth-order valence-corrected chi connectivity index (χ4v) is 3.68. The molecule has 1 aromatic carbocycles. The highest BCUT2D eigenvalue weighted by molar-refractivity contribution is 7.16. The van der Waals surface area contributed by atoms with E-state index >= 15 is 0 Å². The topological polar surface area (TPSA) is 77.8 Å². The average Bonchev–Trinajstić information content (AvgIpc) is 3.25. The van der Waals surface area contributed by atoms with Crippen molar-refractivity contribution < 1.29 is 23.5 Å². The fourth-order valence-electron chi connectivity index (χ4n) is 2.78. The van der Waals surface area contributed by atoms with Crippen LogP contribution in [0.15, 0.2) is 40.8 Å². The van der Waals surface area contributed by atoms with Crippen LogP contribution in [0.1, 0.15) is 42.7 Å². The molecular formula is C21H21NO5S. The van der Waals surface area contributed by atoms with Gasteiger partial charge in [0.25, 0.3) is 5.91 Å². The van der Waals surface area contributed by atoms with Gasteiger partial charge in [-0.2, -0.15) is 0 Å². The molecule has 6 nitrogen and oxygen atoms in total. The van der Waals surface area contributed by atoms with Crippen LogP contribution >= 0.6 is 11.3 Å². The molecule has 0 unspecified atom stereocenters. The van der Waals surface area contributed by atoms with E-state index in [-0.39, 0.29) is 12.4 Å². The maximum absolute atomic E-state index is 12.5. The Hall–Kier alpha value is -3.06. The van der Waals surface area contributed by atoms with Gasteiger partial charge in [-0.15, -0.1) is 11.3 Å². The third kappa shape index (κ3) is 4.61. The van der Waals surface area contributed by atoms with Crippen molar-refractivity contribution in [2.45, 2.75) is 27.4 Å². The Balaban J connectivity index is 1.67. The van der Waals surface area contributed by atoms with Crippen molar-refractivity contribution in [3.8, 4) is 5.75 Å². The van der Waals surface area contributed by atoms with Gasteiger partial charge in [0.2, 0.25) is 0 Å². The van der Waals surface area contributed by atoms with E-state index in [9.17, 15) is 9.59 Å². The number of hydrogen-bond donors (Lipinski definition) is 1. The second-order valence-corrected chi connectivity index (χ2v) is 7.68. The zero-order chi connectivity index (χ0) is 20.3. The summed E-state index contributed by atoms with van der Waals surface area (Å²) >= 11 is 1.30. The first-order valence-corrected chi connectivity index (χ1v) is 9.47. The number of thiophene rings is 1. The fraction of sp³-hybridized carbons (Fsp3) is 0.238. The molecule has 3 rings (SSSR count). The number of methoxy groups -OCH3 is 1. The summed E-state index contributed by atoms with van der Waals surface area (Å²) in [5, 5.41) is 3.14. The van der Waals surface area contributed by atoms with Gasteiger partial charge in [0.05, 0.1) is 12.7 Å². The third-order valence-electron chi connectivity index (χ3n) is 3.95. The van der Waals surface area contributed by atoms with E-state index in [1.807, 2.05) is 32.9 Å². The summed E-state index contributed by atoms with van der Waals surface area (Å²) in [4.78, 5) is 25.2. The van der Waals surface area contributed by atoms with Crippen LogP contribution in [-0.4, -0.2) is 19.0 Å². The van der Waals surface area contributed by atoms with Gasteiger partial charge in [-0.25, -0.2) is 4.79 Å². The largest absolute Gasteiger partial charge is 0.486 e. The standard InChI is InChI=1S/C21H21NO5S/c1-12-7-13(2)9-16(8-12)26-11-15-5-6-18(27-15)19(23)22-20-17(21(24)25-4)10-14(3)28-20/h5-10H,11H2,1-4H3,(H,22,23). The summed E-state index contributed by atoms with van der Waals surface area (Å²) in [7, 11) is 1.30. The lowest BCUT2D eigenvalue weighted by atomic mass is 10.1. The number of amides is 1. The minimum atomic E-state index is -0.498. The summed E-state index contributed by atoms with van der Waals surface area (Å²) in [6, 6.07) is 10.9. The second-order valence-electron chi connectivity index (χ2n) is 6.42. The Morgan fingerprint density at radius 2 is 1.79 bits per heavy atom. The number of aryl methyl sites for hydroxylation is 3. The summed E-state index contributed by atoms with van der Waals surface area (Å²) in [6.07, 6.45) is 0. The van der Waals surface area contributed by atoms with Crippen LogP contribution in [0.25, 0.3) is 0 Å². The smallest absolute Gasteiger partial charge is 0.340 e. The highest BCUT2D eigenvalue weighted by Crippen LogP contribution is 2.29. The van der Waals surface area contributed by atoms with Gasteiger partial charge in [-0.3, -0.25) is 4.79 Å². The van der Waals surface area contributed by atoms with Crippen molar-refractivity contribution in [3.63, 3.8) is 0 Å². The Morgan fingerprint density at radius 1 is 1.07 bits per heavy atom. The molecule has 0 aliphatic heterocycles. The van der Waals surface area contributed by atoms with Crippen LogP contribution in [0.5, 0.6) is 5.75 Å². The van der Waals surface area contributed by atoms with Crippen molar-refractivity contribution in [2.24, 2.45) is 0 Å². The number of anilines is 1. The van der Waals surface area contributed by atoms with Crippen LogP contribution in [0, 0.1) is 20.8 Å². The summed E-state index contributed by atoms with van der Waals surface area (Å²) in [5.74, 6) is 0.476. The van der Waals surface area contributed by atoms with Gasteiger partial charge in [0.1, 0.15) is 23.1 Å². The predicted octanol–water partition coefficient (Wildman–Crippen LogP) is 4.88. The predicted molar refractivity (Wildman–Crippen MR) is 107 cm³/mol. The van der Waals surface area contributed by atoms with Crippen LogP contribution in [0.3, 0.4) is 0 Å². The first kappa shape index (κ1) is 19.7. The number of carbonyl (C=O) groups is 2. The van der Waals surface area contributed by atoms with E-state index in [1.54, 1.807) is 18.2 Å². The summed E-state index contributed by atoms with van der Waals surface area (Å²) < 4.78 is 16.1. The second kappa shape index (κ2) is 8.31. The summed E-state index contributed by atoms with van der Waals surface area (Å²) in [6.45, 7) is 6.07. The highest BCUT2D eigenvalue weighted by atomic mass is 32.1. The minimum Gasteiger partial charge on any atom is -0.486 e. The molecule has 2 heterocycles. The molecule has 2 aromatic heterocycles. The summed E-state index contributed by atoms with van der Waals surface area (Å²) in [5.41, 5.74) is 2.55. The van der Waals surface area contributed by atoms with Crippen LogP contribution in [-0.2, 0) is 11.3 Å². The third-order valence-corrected chi connectivity index (χ3v) is 4.92. The van der Waals surface area contributed by atoms with Crippen molar-refractivity contribution in [1.82, 2.24) is 0 Å². The Bertz CT molecular complexity index is 997. The lowest BCUT2D eigenvalue weighted by Crippen LogP contribution is -2.13. The van der Waals surface area contributed by atoms with Crippen LogP contribution in [0.2, 0.25) is 0 Å².